The Morgan fingerprint density at radius 1 is 1.33 bits per heavy atom. The first-order chi connectivity index (χ1) is 14.0. The number of aliphatic hydroxyl groups excluding tert-OH is 1. The van der Waals surface area contributed by atoms with Crippen molar-refractivity contribution < 1.29 is 25.0 Å². The summed E-state index contributed by atoms with van der Waals surface area (Å²) in [6.45, 7) is 3.25. The highest BCUT2D eigenvalue weighted by atomic mass is 16.5. The molecule has 8 N–H and O–H groups in total. The van der Waals surface area contributed by atoms with Crippen LogP contribution in [-0.4, -0.2) is 45.0 Å². The van der Waals surface area contributed by atoms with E-state index >= 15 is 0 Å². The lowest BCUT2D eigenvalue weighted by atomic mass is 9.70. The van der Waals surface area contributed by atoms with Crippen LogP contribution in [0.3, 0.4) is 0 Å². The van der Waals surface area contributed by atoms with Crippen LogP contribution in [0.5, 0.6) is 0 Å². The number of carbonyl (C=O) groups excluding carboxylic acids is 2. The maximum absolute atomic E-state index is 12.2. The summed E-state index contributed by atoms with van der Waals surface area (Å²) >= 11 is 0. The molecule has 0 saturated heterocycles. The van der Waals surface area contributed by atoms with E-state index in [0.29, 0.717) is 18.4 Å². The summed E-state index contributed by atoms with van der Waals surface area (Å²) in [5.41, 5.74) is 12.0. The summed E-state index contributed by atoms with van der Waals surface area (Å²) in [6.07, 6.45) is 1.31. The Kier molecular flexibility index (Phi) is 7.25. The van der Waals surface area contributed by atoms with Gasteiger partial charge in [-0.3, -0.25) is 14.8 Å². The molecule has 1 fully saturated rings. The predicted octanol–water partition coefficient (Wildman–Crippen LogP) is -0.00980. The fraction of sp³-hybridized carbons (Fsp3) is 0.455. The van der Waals surface area contributed by atoms with Crippen molar-refractivity contribution in [3.05, 3.63) is 34.9 Å². The van der Waals surface area contributed by atoms with Crippen LogP contribution in [0.2, 0.25) is 0 Å². The number of nitrogens with one attached hydrogen (secondary N) is 1. The molecule has 1 aromatic carbocycles. The molecule has 8 heteroatoms. The van der Waals surface area contributed by atoms with Crippen molar-refractivity contribution >= 4 is 11.8 Å². The molecule has 8 nitrogen and oxygen atoms in total. The Morgan fingerprint density at radius 3 is 2.53 bits per heavy atom. The molecule has 2 rings (SSSR count). The molecule has 0 heterocycles. The van der Waals surface area contributed by atoms with Gasteiger partial charge in [0, 0.05) is 29.7 Å². The zero-order valence-corrected chi connectivity index (χ0v) is 17.0. The average Bonchev–Trinajstić information content (AvgIpc) is 2.64. The Bertz CT molecular complexity index is 937. The van der Waals surface area contributed by atoms with E-state index in [0.717, 1.165) is 0 Å². The lowest BCUT2D eigenvalue weighted by Crippen LogP contribution is -2.47. The molecule has 1 aromatic rings. The zero-order chi connectivity index (χ0) is 22.5. The summed E-state index contributed by atoms with van der Waals surface area (Å²) in [4.78, 5) is 24.1. The summed E-state index contributed by atoms with van der Waals surface area (Å²) < 4.78 is 0. The van der Waals surface area contributed by atoms with Crippen LogP contribution in [0.1, 0.15) is 60.5 Å². The standard InChI is InChI=1S/C22H27N3O5/c1-21(2,24)18(20(28)25-30)17-10-14(7-8-16(17)19(23)27)6-4-3-5-9-22(29)11-15(12-22)13-26/h7-8,10,15,18,26,29-30H,9,11-13,24H2,1-2H3,(H2,23,27)(H,25,28)/t15?,18-,22?/m1/s1. The molecule has 1 atom stereocenters. The topological polar surface area (TPSA) is 159 Å². The smallest absolute Gasteiger partial charge is 0.252 e. The summed E-state index contributed by atoms with van der Waals surface area (Å²) in [7, 11) is 0. The molecule has 0 unspecified atom stereocenters. The second-order valence-electron chi connectivity index (χ2n) is 8.31. The highest BCUT2D eigenvalue weighted by Gasteiger charge is 2.41. The van der Waals surface area contributed by atoms with E-state index in [1.165, 1.54) is 12.1 Å². The normalized spacial score (nSPS) is 21.2. The van der Waals surface area contributed by atoms with Crippen LogP contribution in [0.15, 0.2) is 18.2 Å². The summed E-state index contributed by atoms with van der Waals surface area (Å²) in [6, 6.07) is 4.54. The van der Waals surface area contributed by atoms with E-state index in [9.17, 15) is 14.7 Å². The van der Waals surface area contributed by atoms with Crippen molar-refractivity contribution in [1.29, 1.82) is 0 Å². The number of hydrogen-bond donors (Lipinski definition) is 6. The van der Waals surface area contributed by atoms with Crippen molar-refractivity contribution in [1.82, 2.24) is 5.48 Å². The van der Waals surface area contributed by atoms with E-state index in [-0.39, 0.29) is 30.1 Å². The first kappa shape index (κ1) is 23.4. The molecule has 160 valence electrons. The molecule has 1 aliphatic rings. The van der Waals surface area contributed by atoms with Gasteiger partial charge in [-0.15, -0.1) is 0 Å². The molecule has 0 aliphatic heterocycles. The number of aliphatic hydroxyl groups is 2. The molecule has 0 spiro atoms. The van der Waals surface area contributed by atoms with E-state index in [1.807, 2.05) is 0 Å². The molecule has 0 bridgehead atoms. The summed E-state index contributed by atoms with van der Waals surface area (Å²) in [5, 5.41) is 28.3. The van der Waals surface area contributed by atoms with Gasteiger partial charge >= 0.3 is 0 Å². The zero-order valence-electron chi connectivity index (χ0n) is 17.0. The Hall–Kier alpha value is -2.88. The molecule has 1 saturated carbocycles. The van der Waals surface area contributed by atoms with Gasteiger partial charge in [-0.1, -0.05) is 11.8 Å². The van der Waals surface area contributed by atoms with E-state index < -0.39 is 28.9 Å². The number of carbonyl (C=O) groups is 2. The minimum Gasteiger partial charge on any atom is -0.396 e. The first-order valence-corrected chi connectivity index (χ1v) is 9.49. The van der Waals surface area contributed by atoms with Crippen molar-refractivity contribution in [2.24, 2.45) is 17.4 Å². The van der Waals surface area contributed by atoms with Gasteiger partial charge in [0.05, 0.1) is 11.5 Å². The van der Waals surface area contributed by atoms with Crippen LogP contribution < -0.4 is 16.9 Å². The SMILES string of the molecule is CC(C)(N)[C@@H](C(=O)NO)c1cc(C#CC#CCC2(O)CC(CO)C2)ccc1C(N)=O. The Balaban J connectivity index is 2.27. The van der Waals surface area contributed by atoms with E-state index in [1.54, 1.807) is 25.4 Å². The number of benzene rings is 1. The van der Waals surface area contributed by atoms with E-state index in [4.69, 9.17) is 21.8 Å². The van der Waals surface area contributed by atoms with Crippen LogP contribution in [0.4, 0.5) is 0 Å². The second-order valence-corrected chi connectivity index (χ2v) is 8.31. The average molecular weight is 413 g/mol. The van der Waals surface area contributed by atoms with Crippen LogP contribution in [0.25, 0.3) is 0 Å². The lowest BCUT2D eigenvalue weighted by molar-refractivity contribution is -0.132. The number of primary amides is 1. The largest absolute Gasteiger partial charge is 0.396 e. The van der Waals surface area contributed by atoms with Gasteiger partial charge in [0.25, 0.3) is 5.91 Å². The van der Waals surface area contributed by atoms with Gasteiger partial charge in [-0.25, -0.2) is 5.48 Å². The lowest BCUT2D eigenvalue weighted by Gasteiger charge is -2.41. The number of hydroxylamine groups is 1. The number of amides is 2. The van der Waals surface area contributed by atoms with Crippen molar-refractivity contribution in [2.45, 2.75) is 50.2 Å². The Labute approximate surface area is 175 Å². The van der Waals surface area contributed by atoms with Gasteiger partial charge in [0.2, 0.25) is 5.91 Å². The van der Waals surface area contributed by atoms with Gasteiger partial charge in [-0.2, -0.15) is 0 Å². The van der Waals surface area contributed by atoms with Crippen LogP contribution in [0, 0.1) is 29.6 Å². The molecule has 1 aliphatic carbocycles. The van der Waals surface area contributed by atoms with Gasteiger partial charge in [0.15, 0.2) is 0 Å². The third-order valence-electron chi connectivity index (χ3n) is 5.12. The monoisotopic (exact) mass is 413 g/mol. The quantitative estimate of drug-likeness (QED) is 0.219. The van der Waals surface area contributed by atoms with Gasteiger partial charge in [0.1, 0.15) is 0 Å². The van der Waals surface area contributed by atoms with Crippen molar-refractivity contribution in [2.75, 3.05) is 6.61 Å². The predicted molar refractivity (Wildman–Crippen MR) is 110 cm³/mol. The van der Waals surface area contributed by atoms with Crippen LogP contribution in [-0.2, 0) is 4.79 Å². The highest BCUT2D eigenvalue weighted by Crippen LogP contribution is 2.39. The fourth-order valence-corrected chi connectivity index (χ4v) is 3.69. The second kappa shape index (κ2) is 9.29. The minimum absolute atomic E-state index is 0.0636. The molecular weight excluding hydrogens is 386 g/mol. The third-order valence-corrected chi connectivity index (χ3v) is 5.12. The third kappa shape index (κ3) is 5.59. The van der Waals surface area contributed by atoms with Crippen LogP contribution >= 0.6 is 0 Å². The maximum Gasteiger partial charge on any atom is 0.252 e. The number of nitrogens with two attached hydrogens (primary N) is 2. The highest BCUT2D eigenvalue weighted by molar-refractivity contribution is 5.97. The summed E-state index contributed by atoms with van der Waals surface area (Å²) in [5.74, 6) is 8.55. The van der Waals surface area contributed by atoms with Crippen molar-refractivity contribution in [3.63, 3.8) is 0 Å². The van der Waals surface area contributed by atoms with Gasteiger partial charge in [-0.05, 0) is 68.2 Å². The molecule has 0 aromatic heterocycles. The number of rotatable bonds is 6. The minimum atomic E-state index is -1.10. The maximum atomic E-state index is 12.2. The Morgan fingerprint density at radius 2 is 2.00 bits per heavy atom. The molecular formula is C22H27N3O5. The molecule has 2 amide bonds. The van der Waals surface area contributed by atoms with E-state index in [2.05, 4.69) is 23.7 Å². The molecule has 0 radical (unpaired) electrons. The fourth-order valence-electron chi connectivity index (χ4n) is 3.69. The molecule has 30 heavy (non-hydrogen) atoms. The van der Waals surface area contributed by atoms with Gasteiger partial charge < -0.3 is 21.7 Å². The number of hydrogen-bond acceptors (Lipinski definition) is 6. The van der Waals surface area contributed by atoms with Crippen molar-refractivity contribution in [3.8, 4) is 23.7 Å². The first-order valence-electron chi connectivity index (χ1n) is 9.49.